The van der Waals surface area contributed by atoms with Crippen LogP contribution in [0.15, 0.2) is 42.5 Å². The highest BCUT2D eigenvalue weighted by atomic mass is 16.5. The molecule has 0 bridgehead atoms. The topological polar surface area (TPSA) is 79.6 Å². The first-order chi connectivity index (χ1) is 11.1. The molecule has 0 atom stereocenters. The third-order valence-corrected chi connectivity index (χ3v) is 3.21. The average molecular weight is 309 g/mol. The molecule has 0 aliphatic carbocycles. The fourth-order valence-corrected chi connectivity index (χ4v) is 2.06. The molecule has 0 aromatic heterocycles. The van der Waals surface area contributed by atoms with Crippen molar-refractivity contribution >= 4 is 17.4 Å². The van der Waals surface area contributed by atoms with E-state index in [1.54, 1.807) is 42.5 Å². The smallest absolute Gasteiger partial charge is 0.262 e. The van der Waals surface area contributed by atoms with E-state index in [1.165, 1.54) is 26.4 Å². The van der Waals surface area contributed by atoms with Crippen molar-refractivity contribution in [3.05, 3.63) is 53.6 Å². The van der Waals surface area contributed by atoms with Crippen molar-refractivity contribution < 1.29 is 19.4 Å². The second-order valence-electron chi connectivity index (χ2n) is 4.69. The Bertz CT molecular complexity index is 763. The zero-order chi connectivity index (χ0) is 16.8. The molecule has 0 unspecified atom stereocenters. The predicted octanol–water partition coefficient (Wildman–Crippen LogP) is 3.04. The molecule has 5 heteroatoms. The summed E-state index contributed by atoms with van der Waals surface area (Å²) < 4.78 is 10.4. The van der Waals surface area contributed by atoms with Crippen LogP contribution in [0.5, 0.6) is 17.2 Å². The summed E-state index contributed by atoms with van der Waals surface area (Å²) in [7, 11) is 3.06. The number of methoxy groups -OCH3 is 2. The van der Waals surface area contributed by atoms with Crippen LogP contribution >= 0.6 is 0 Å². The maximum Gasteiger partial charge on any atom is 0.262 e. The van der Waals surface area contributed by atoms with Gasteiger partial charge in [0.05, 0.1) is 14.2 Å². The highest BCUT2D eigenvalue weighted by molar-refractivity contribution is 6.31. The van der Waals surface area contributed by atoms with Gasteiger partial charge >= 0.3 is 0 Å². The number of phenolic OH excluding ortho intramolecular Hbond substituents is 1. The van der Waals surface area contributed by atoms with Crippen LogP contribution in [-0.2, 0) is 4.79 Å². The lowest BCUT2D eigenvalue weighted by molar-refractivity contribution is -0.109. The molecule has 0 fully saturated rings. The van der Waals surface area contributed by atoms with Crippen LogP contribution in [0.2, 0.25) is 0 Å². The van der Waals surface area contributed by atoms with Crippen molar-refractivity contribution in [1.29, 1.82) is 5.26 Å². The number of nitrogens with zero attached hydrogens (tertiary/aromatic N) is 1. The predicted molar refractivity (Wildman–Crippen MR) is 86.1 cm³/mol. The molecule has 0 heterocycles. The number of allylic oxidation sites excluding steroid dienone is 1. The van der Waals surface area contributed by atoms with E-state index in [4.69, 9.17) is 14.7 Å². The molecule has 0 radical (unpaired) electrons. The lowest BCUT2D eigenvalue weighted by atomic mass is 9.99. The van der Waals surface area contributed by atoms with Crippen molar-refractivity contribution in [2.75, 3.05) is 14.2 Å². The molecule has 2 aromatic rings. The fraction of sp³-hybridized carbons (Fsp3) is 0.111. The van der Waals surface area contributed by atoms with Gasteiger partial charge in [0.1, 0.15) is 23.3 Å². The molecule has 23 heavy (non-hydrogen) atoms. The second-order valence-corrected chi connectivity index (χ2v) is 4.69. The number of aromatic hydroxyl groups is 1. The zero-order valence-electron chi connectivity index (χ0n) is 12.7. The monoisotopic (exact) mass is 309 g/mol. The first-order valence-electron chi connectivity index (χ1n) is 6.76. The molecule has 0 aliphatic heterocycles. The van der Waals surface area contributed by atoms with Crippen LogP contribution in [0, 0.1) is 11.3 Å². The summed E-state index contributed by atoms with van der Waals surface area (Å²) in [6.45, 7) is 0. The van der Waals surface area contributed by atoms with E-state index in [9.17, 15) is 9.90 Å². The highest BCUT2D eigenvalue weighted by Gasteiger charge is 2.12. The number of carbonyl (C=O) groups is 1. The van der Waals surface area contributed by atoms with Gasteiger partial charge in [-0.3, -0.25) is 4.79 Å². The molecule has 0 saturated carbocycles. The van der Waals surface area contributed by atoms with Crippen molar-refractivity contribution in [3.63, 3.8) is 0 Å². The molecule has 0 aliphatic rings. The van der Waals surface area contributed by atoms with E-state index < -0.39 is 5.78 Å². The van der Waals surface area contributed by atoms with Crippen molar-refractivity contribution in [3.8, 4) is 23.3 Å². The van der Waals surface area contributed by atoms with Gasteiger partial charge in [0.25, 0.3) is 5.78 Å². The maximum absolute atomic E-state index is 12.0. The standard InChI is InChI=1S/C18H15NO4/c1-22-15-7-12(8-16(10-15)23-2)9-17(18(21)11-19)13-3-5-14(20)6-4-13/h3-10,20H,1-2H3/b17-9-. The van der Waals surface area contributed by atoms with Gasteiger partial charge in [-0.1, -0.05) is 12.1 Å². The van der Waals surface area contributed by atoms with Gasteiger partial charge in [-0.05, 0) is 41.5 Å². The number of hydrogen-bond donors (Lipinski definition) is 1. The van der Waals surface area contributed by atoms with Gasteiger partial charge in [-0.25, -0.2) is 0 Å². The third-order valence-electron chi connectivity index (χ3n) is 3.21. The molecule has 116 valence electrons. The number of ether oxygens (including phenoxy) is 2. The fourth-order valence-electron chi connectivity index (χ4n) is 2.06. The maximum atomic E-state index is 12.0. The van der Waals surface area contributed by atoms with Gasteiger partial charge in [0.2, 0.25) is 0 Å². The minimum Gasteiger partial charge on any atom is -0.508 e. The Morgan fingerprint density at radius 2 is 1.65 bits per heavy atom. The van der Waals surface area contributed by atoms with E-state index in [2.05, 4.69) is 0 Å². The van der Waals surface area contributed by atoms with Gasteiger partial charge in [0, 0.05) is 11.6 Å². The van der Waals surface area contributed by atoms with E-state index in [-0.39, 0.29) is 11.3 Å². The van der Waals surface area contributed by atoms with E-state index >= 15 is 0 Å². The van der Waals surface area contributed by atoms with Gasteiger partial charge in [0.15, 0.2) is 0 Å². The molecular formula is C18H15NO4. The Morgan fingerprint density at radius 3 is 2.13 bits per heavy atom. The van der Waals surface area contributed by atoms with Gasteiger partial charge in [-0.2, -0.15) is 5.26 Å². The SMILES string of the molecule is COc1cc(/C=C(\C(=O)C#N)c2ccc(O)cc2)cc(OC)c1. The highest BCUT2D eigenvalue weighted by Crippen LogP contribution is 2.27. The lowest BCUT2D eigenvalue weighted by Gasteiger charge is -2.08. The summed E-state index contributed by atoms with van der Waals surface area (Å²) in [6, 6.07) is 12.9. The number of benzene rings is 2. The van der Waals surface area contributed by atoms with Crippen molar-refractivity contribution in [2.45, 2.75) is 0 Å². The van der Waals surface area contributed by atoms with Crippen LogP contribution in [-0.4, -0.2) is 25.1 Å². The van der Waals surface area contributed by atoms with Crippen molar-refractivity contribution in [1.82, 2.24) is 0 Å². The quantitative estimate of drug-likeness (QED) is 0.521. The normalized spacial score (nSPS) is 10.7. The summed E-state index contributed by atoms with van der Waals surface area (Å²) in [5.41, 5.74) is 1.42. The van der Waals surface area contributed by atoms with E-state index in [0.717, 1.165) is 0 Å². The number of hydrogen-bond acceptors (Lipinski definition) is 5. The van der Waals surface area contributed by atoms with Crippen LogP contribution in [0.3, 0.4) is 0 Å². The molecule has 2 rings (SSSR count). The molecule has 0 amide bonds. The summed E-state index contributed by atoms with van der Waals surface area (Å²) in [6.07, 6.45) is 1.59. The number of phenols is 1. The summed E-state index contributed by atoms with van der Waals surface area (Å²) >= 11 is 0. The van der Waals surface area contributed by atoms with Crippen LogP contribution in [0.1, 0.15) is 11.1 Å². The average Bonchev–Trinajstić information content (AvgIpc) is 2.59. The van der Waals surface area contributed by atoms with E-state index in [0.29, 0.717) is 22.6 Å². The van der Waals surface area contributed by atoms with Crippen molar-refractivity contribution in [2.24, 2.45) is 0 Å². The Balaban J connectivity index is 2.55. The number of Topliss-reactive ketones (excluding diaryl/α,β-unsaturated/α-hetero) is 1. The summed E-state index contributed by atoms with van der Waals surface area (Å²) in [4.78, 5) is 12.0. The summed E-state index contributed by atoms with van der Waals surface area (Å²) in [5, 5.41) is 18.3. The Morgan fingerprint density at radius 1 is 1.09 bits per heavy atom. The Kier molecular flexibility index (Phi) is 5.00. The van der Waals surface area contributed by atoms with Gasteiger partial charge < -0.3 is 14.6 Å². The van der Waals surface area contributed by atoms with Crippen LogP contribution in [0.4, 0.5) is 0 Å². The second kappa shape index (κ2) is 7.14. The third kappa shape index (κ3) is 3.89. The summed E-state index contributed by atoms with van der Waals surface area (Å²) in [5.74, 6) is 0.563. The molecule has 1 N–H and O–H groups in total. The van der Waals surface area contributed by atoms with Gasteiger partial charge in [-0.15, -0.1) is 0 Å². The first-order valence-corrected chi connectivity index (χ1v) is 6.76. The minimum absolute atomic E-state index is 0.0838. The molecule has 5 nitrogen and oxygen atoms in total. The minimum atomic E-state index is -0.669. The molecule has 0 spiro atoms. The number of ketones is 1. The molecular weight excluding hydrogens is 294 g/mol. The number of rotatable bonds is 5. The molecule has 2 aromatic carbocycles. The first kappa shape index (κ1) is 16.1. The lowest BCUT2D eigenvalue weighted by Crippen LogP contribution is -1.98. The van der Waals surface area contributed by atoms with E-state index in [1.807, 2.05) is 0 Å². The Labute approximate surface area is 134 Å². The Hall–Kier alpha value is -3.26. The largest absolute Gasteiger partial charge is 0.508 e. The van der Waals surface area contributed by atoms with Crippen LogP contribution in [0.25, 0.3) is 11.6 Å². The molecule has 0 saturated heterocycles. The van der Waals surface area contributed by atoms with Crippen LogP contribution < -0.4 is 9.47 Å². The number of carbonyl (C=O) groups excluding carboxylic acids is 1. The zero-order valence-corrected chi connectivity index (χ0v) is 12.7. The number of nitriles is 1.